The molecule has 0 fully saturated rings. The molecule has 0 atom stereocenters. The molecule has 0 saturated carbocycles. The molecule has 19 heavy (non-hydrogen) atoms. The molecule has 1 aromatic carbocycles. The summed E-state index contributed by atoms with van der Waals surface area (Å²) in [4.78, 5) is 12.2. The third-order valence-electron chi connectivity index (χ3n) is 3.04. The Morgan fingerprint density at radius 1 is 1.16 bits per heavy atom. The molecule has 0 amide bonds. The minimum Gasteiger partial charge on any atom is -0.495 e. The third kappa shape index (κ3) is 4.13. The van der Waals surface area contributed by atoms with Crippen molar-refractivity contribution in [3.05, 3.63) is 22.7 Å². The van der Waals surface area contributed by atoms with Crippen molar-refractivity contribution in [2.24, 2.45) is 0 Å². The first-order valence-corrected chi connectivity index (χ1v) is 6.97. The van der Waals surface area contributed by atoms with Crippen LogP contribution in [0.25, 0.3) is 0 Å². The number of hydrogen-bond donors (Lipinski definition) is 0. The summed E-state index contributed by atoms with van der Waals surface area (Å²) in [7, 11) is 3.04. The van der Waals surface area contributed by atoms with Crippen molar-refractivity contribution < 1.29 is 14.3 Å². The maximum atomic E-state index is 12.2. The van der Waals surface area contributed by atoms with Crippen molar-refractivity contribution in [3.8, 4) is 11.5 Å². The standard InChI is InChI=1S/C15H21ClO3/c1-4-5-6-7-8-12(17)11-9-10-13(18-2)14(16)15(11)19-3/h9-10H,4-8H2,1-3H3. The Bertz CT molecular complexity index is 430. The average molecular weight is 285 g/mol. The second-order valence-corrected chi connectivity index (χ2v) is 4.77. The fourth-order valence-electron chi connectivity index (χ4n) is 1.96. The fourth-order valence-corrected chi connectivity index (χ4v) is 2.28. The van der Waals surface area contributed by atoms with Gasteiger partial charge in [-0.1, -0.05) is 37.8 Å². The van der Waals surface area contributed by atoms with Gasteiger partial charge in [0.25, 0.3) is 0 Å². The highest BCUT2D eigenvalue weighted by molar-refractivity contribution is 6.34. The molecule has 0 heterocycles. The summed E-state index contributed by atoms with van der Waals surface area (Å²) in [6.45, 7) is 2.15. The molecule has 0 saturated heterocycles. The van der Waals surface area contributed by atoms with Crippen molar-refractivity contribution in [1.29, 1.82) is 0 Å². The van der Waals surface area contributed by atoms with Gasteiger partial charge in [-0.3, -0.25) is 4.79 Å². The van der Waals surface area contributed by atoms with Crippen LogP contribution in [0.1, 0.15) is 49.4 Å². The van der Waals surface area contributed by atoms with Crippen molar-refractivity contribution in [2.45, 2.75) is 39.0 Å². The third-order valence-corrected chi connectivity index (χ3v) is 3.40. The summed E-state index contributed by atoms with van der Waals surface area (Å²) in [5.74, 6) is 0.986. The monoisotopic (exact) mass is 284 g/mol. The highest BCUT2D eigenvalue weighted by atomic mass is 35.5. The van der Waals surface area contributed by atoms with Gasteiger partial charge in [-0.15, -0.1) is 0 Å². The van der Waals surface area contributed by atoms with Gasteiger partial charge in [0.2, 0.25) is 0 Å². The molecule has 0 spiro atoms. The van der Waals surface area contributed by atoms with Crippen molar-refractivity contribution in [1.82, 2.24) is 0 Å². The predicted molar refractivity (Wildman–Crippen MR) is 77.6 cm³/mol. The van der Waals surface area contributed by atoms with Crippen LogP contribution in [-0.4, -0.2) is 20.0 Å². The number of halogens is 1. The van der Waals surface area contributed by atoms with Crippen LogP contribution in [-0.2, 0) is 0 Å². The number of methoxy groups -OCH3 is 2. The molecule has 0 aliphatic heterocycles. The van der Waals surface area contributed by atoms with E-state index in [1.807, 2.05) is 0 Å². The summed E-state index contributed by atoms with van der Waals surface area (Å²) in [5.41, 5.74) is 0.532. The fraction of sp³-hybridized carbons (Fsp3) is 0.533. The van der Waals surface area contributed by atoms with Crippen LogP contribution in [0.4, 0.5) is 0 Å². The van der Waals surface area contributed by atoms with Gasteiger partial charge in [-0.25, -0.2) is 0 Å². The lowest BCUT2D eigenvalue weighted by Gasteiger charge is -2.12. The van der Waals surface area contributed by atoms with Gasteiger partial charge in [-0.05, 0) is 18.6 Å². The number of Topliss-reactive ketones (excluding diaryl/α,β-unsaturated/α-hetero) is 1. The van der Waals surface area contributed by atoms with Gasteiger partial charge < -0.3 is 9.47 Å². The first kappa shape index (κ1) is 15.8. The Hall–Kier alpha value is -1.22. The summed E-state index contributed by atoms with van der Waals surface area (Å²) in [5, 5.41) is 0.351. The second-order valence-electron chi connectivity index (χ2n) is 4.40. The Balaban J connectivity index is 2.82. The van der Waals surface area contributed by atoms with Crippen LogP contribution < -0.4 is 9.47 Å². The van der Waals surface area contributed by atoms with Gasteiger partial charge in [0.1, 0.15) is 10.8 Å². The van der Waals surface area contributed by atoms with Gasteiger partial charge in [0, 0.05) is 6.42 Å². The molecule has 1 rings (SSSR count). The van der Waals surface area contributed by atoms with Crippen LogP contribution in [0.5, 0.6) is 11.5 Å². The Kier molecular flexibility index (Phi) is 6.71. The van der Waals surface area contributed by atoms with E-state index in [-0.39, 0.29) is 5.78 Å². The number of ketones is 1. The van der Waals surface area contributed by atoms with E-state index in [0.717, 1.165) is 25.7 Å². The number of carbonyl (C=O) groups excluding carboxylic acids is 1. The molecular weight excluding hydrogens is 264 g/mol. The highest BCUT2D eigenvalue weighted by Crippen LogP contribution is 2.37. The quantitative estimate of drug-likeness (QED) is 0.520. The van der Waals surface area contributed by atoms with Gasteiger partial charge in [-0.2, -0.15) is 0 Å². The lowest BCUT2D eigenvalue weighted by molar-refractivity contribution is 0.0976. The smallest absolute Gasteiger partial charge is 0.166 e. The summed E-state index contributed by atoms with van der Waals surface area (Å²) < 4.78 is 10.3. The van der Waals surface area contributed by atoms with E-state index in [1.54, 1.807) is 12.1 Å². The normalized spacial score (nSPS) is 10.3. The van der Waals surface area contributed by atoms with E-state index in [2.05, 4.69) is 6.92 Å². The van der Waals surface area contributed by atoms with Crippen LogP contribution in [0, 0.1) is 0 Å². The molecule has 0 radical (unpaired) electrons. The molecule has 0 aliphatic rings. The van der Waals surface area contributed by atoms with E-state index < -0.39 is 0 Å². The van der Waals surface area contributed by atoms with E-state index in [4.69, 9.17) is 21.1 Å². The maximum Gasteiger partial charge on any atom is 0.166 e. The van der Waals surface area contributed by atoms with Gasteiger partial charge in [0.05, 0.1) is 19.8 Å². The van der Waals surface area contributed by atoms with Crippen LogP contribution in [0.3, 0.4) is 0 Å². The van der Waals surface area contributed by atoms with Gasteiger partial charge >= 0.3 is 0 Å². The number of carbonyl (C=O) groups is 1. The van der Waals surface area contributed by atoms with Gasteiger partial charge in [0.15, 0.2) is 11.5 Å². The molecule has 0 N–H and O–H groups in total. The minimum atomic E-state index is 0.0671. The largest absolute Gasteiger partial charge is 0.495 e. The highest BCUT2D eigenvalue weighted by Gasteiger charge is 2.18. The van der Waals surface area contributed by atoms with E-state index in [9.17, 15) is 4.79 Å². The number of rotatable bonds is 8. The topological polar surface area (TPSA) is 35.5 Å². The zero-order valence-corrected chi connectivity index (χ0v) is 12.5. The lowest BCUT2D eigenvalue weighted by Crippen LogP contribution is -2.03. The molecule has 3 nitrogen and oxygen atoms in total. The zero-order chi connectivity index (χ0) is 14.3. The van der Waals surface area contributed by atoms with Crippen molar-refractivity contribution in [3.63, 3.8) is 0 Å². The number of ether oxygens (including phenoxy) is 2. The van der Waals surface area contributed by atoms with E-state index >= 15 is 0 Å². The van der Waals surface area contributed by atoms with Crippen molar-refractivity contribution in [2.75, 3.05) is 14.2 Å². The van der Waals surface area contributed by atoms with Crippen molar-refractivity contribution >= 4 is 17.4 Å². The lowest BCUT2D eigenvalue weighted by atomic mass is 10.0. The first-order chi connectivity index (χ1) is 9.15. The molecule has 0 bridgehead atoms. The summed E-state index contributed by atoms with van der Waals surface area (Å²) in [6, 6.07) is 3.41. The molecule has 1 aromatic rings. The predicted octanol–water partition coefficient (Wildman–Crippen LogP) is 4.51. The van der Waals surface area contributed by atoms with E-state index in [1.165, 1.54) is 14.2 Å². The summed E-state index contributed by atoms with van der Waals surface area (Å²) >= 11 is 6.14. The minimum absolute atomic E-state index is 0.0671. The SMILES string of the molecule is CCCCCCC(=O)c1ccc(OC)c(Cl)c1OC. The first-order valence-electron chi connectivity index (χ1n) is 6.59. The number of hydrogen-bond acceptors (Lipinski definition) is 3. The Morgan fingerprint density at radius 2 is 1.89 bits per heavy atom. The Labute approximate surface area is 119 Å². The Morgan fingerprint density at radius 3 is 2.47 bits per heavy atom. The maximum absolute atomic E-state index is 12.2. The molecular formula is C15H21ClO3. The molecule has 0 aliphatic carbocycles. The van der Waals surface area contributed by atoms with Crippen LogP contribution in [0.2, 0.25) is 5.02 Å². The second kappa shape index (κ2) is 8.05. The average Bonchev–Trinajstić information content (AvgIpc) is 2.43. The molecule has 106 valence electrons. The molecule has 0 aromatic heterocycles. The van der Waals surface area contributed by atoms with Crippen LogP contribution in [0.15, 0.2) is 12.1 Å². The molecule has 4 heteroatoms. The molecule has 0 unspecified atom stereocenters. The van der Waals surface area contributed by atoms with Crippen LogP contribution >= 0.6 is 11.6 Å². The zero-order valence-electron chi connectivity index (χ0n) is 11.8. The summed E-state index contributed by atoms with van der Waals surface area (Å²) in [6.07, 6.45) is 4.83. The number of unbranched alkanes of at least 4 members (excludes halogenated alkanes) is 3. The van der Waals surface area contributed by atoms with E-state index in [0.29, 0.717) is 28.5 Å². The number of benzene rings is 1.